The second-order valence-electron chi connectivity index (χ2n) is 7.98. The standard InChI is InChI=1S/C20H27N5O2/c26-20-10-15-14-27-9-6-18(15)22-25(20)12-17-5-3-7-23(17)13-19-21-11-16-4-1-2-8-24(16)19/h10-11,17H,1-9,12-14H2. The largest absolute Gasteiger partial charge is 0.376 e. The minimum Gasteiger partial charge on any atom is -0.376 e. The summed E-state index contributed by atoms with van der Waals surface area (Å²) in [5, 5.41) is 4.65. The van der Waals surface area contributed by atoms with Gasteiger partial charge in [0.1, 0.15) is 5.82 Å². The highest BCUT2D eigenvalue weighted by atomic mass is 16.5. The van der Waals surface area contributed by atoms with Gasteiger partial charge >= 0.3 is 0 Å². The molecule has 3 aliphatic heterocycles. The van der Waals surface area contributed by atoms with E-state index in [1.165, 1.54) is 30.8 Å². The molecule has 1 unspecified atom stereocenters. The molecule has 0 saturated carbocycles. The molecule has 0 aliphatic carbocycles. The smallest absolute Gasteiger partial charge is 0.267 e. The van der Waals surface area contributed by atoms with Crippen molar-refractivity contribution < 1.29 is 4.74 Å². The SMILES string of the molecule is O=c1cc2c(nn1CC1CCCN1Cc1ncc3n1CCCC3)CCOC2. The lowest BCUT2D eigenvalue weighted by atomic mass is 10.1. The molecular formula is C20H27N5O2. The number of aryl methyl sites for hydroxylation is 1. The number of ether oxygens (including phenoxy) is 1. The van der Waals surface area contributed by atoms with E-state index in [4.69, 9.17) is 9.72 Å². The predicted octanol–water partition coefficient (Wildman–Crippen LogP) is 1.51. The van der Waals surface area contributed by atoms with Crippen molar-refractivity contribution in [3.05, 3.63) is 45.4 Å². The average Bonchev–Trinajstić information content (AvgIpc) is 3.30. The van der Waals surface area contributed by atoms with E-state index >= 15 is 0 Å². The van der Waals surface area contributed by atoms with Crippen LogP contribution in [0.3, 0.4) is 0 Å². The highest BCUT2D eigenvalue weighted by molar-refractivity contribution is 5.18. The van der Waals surface area contributed by atoms with Gasteiger partial charge in [0.15, 0.2) is 0 Å². The van der Waals surface area contributed by atoms with Crippen LogP contribution in [0.25, 0.3) is 0 Å². The van der Waals surface area contributed by atoms with Crippen LogP contribution < -0.4 is 5.56 Å². The summed E-state index contributed by atoms with van der Waals surface area (Å²) >= 11 is 0. The first-order valence-corrected chi connectivity index (χ1v) is 10.2. The third-order valence-electron chi connectivity index (χ3n) is 6.22. The molecule has 1 saturated heterocycles. The Morgan fingerprint density at radius 1 is 1.19 bits per heavy atom. The first kappa shape index (κ1) is 17.1. The first-order valence-electron chi connectivity index (χ1n) is 10.2. The quantitative estimate of drug-likeness (QED) is 0.817. The van der Waals surface area contributed by atoms with Crippen LogP contribution >= 0.6 is 0 Å². The second-order valence-corrected chi connectivity index (χ2v) is 7.98. The summed E-state index contributed by atoms with van der Waals surface area (Å²) in [6, 6.07) is 2.07. The topological polar surface area (TPSA) is 65.2 Å². The third-order valence-corrected chi connectivity index (χ3v) is 6.22. The fourth-order valence-electron chi connectivity index (χ4n) is 4.70. The van der Waals surface area contributed by atoms with Crippen molar-refractivity contribution in [2.75, 3.05) is 13.2 Å². The fourth-order valence-corrected chi connectivity index (χ4v) is 4.70. The van der Waals surface area contributed by atoms with Crippen molar-refractivity contribution in [3.63, 3.8) is 0 Å². The fraction of sp³-hybridized carbons (Fsp3) is 0.650. The number of imidazole rings is 1. The first-order chi connectivity index (χ1) is 13.3. The number of hydrogen-bond donors (Lipinski definition) is 0. The summed E-state index contributed by atoms with van der Waals surface area (Å²) in [6.07, 6.45) is 8.80. The number of aromatic nitrogens is 4. The molecule has 0 radical (unpaired) electrons. The monoisotopic (exact) mass is 369 g/mol. The van der Waals surface area contributed by atoms with Crippen molar-refractivity contribution in [3.8, 4) is 0 Å². The highest BCUT2D eigenvalue weighted by Gasteiger charge is 2.28. The van der Waals surface area contributed by atoms with Crippen LogP contribution in [0.2, 0.25) is 0 Å². The molecule has 3 aliphatic rings. The summed E-state index contributed by atoms with van der Waals surface area (Å²) in [4.78, 5) is 19.7. The molecular weight excluding hydrogens is 342 g/mol. The molecule has 7 heteroatoms. The Hall–Kier alpha value is -1.99. The number of nitrogens with zero attached hydrogens (tertiary/aromatic N) is 5. The van der Waals surface area contributed by atoms with E-state index in [0.29, 0.717) is 25.8 Å². The Morgan fingerprint density at radius 3 is 3.11 bits per heavy atom. The lowest BCUT2D eigenvalue weighted by Gasteiger charge is -2.26. The number of likely N-dealkylation sites (tertiary alicyclic amines) is 1. The Labute approximate surface area is 159 Å². The van der Waals surface area contributed by atoms with E-state index in [1.807, 2.05) is 0 Å². The third kappa shape index (κ3) is 3.34. The Balaban J connectivity index is 1.33. The molecule has 0 spiro atoms. The van der Waals surface area contributed by atoms with Gasteiger partial charge in [0, 0.05) is 42.5 Å². The summed E-state index contributed by atoms with van der Waals surface area (Å²) in [6.45, 7) is 4.91. The van der Waals surface area contributed by atoms with Gasteiger partial charge in [-0.2, -0.15) is 5.10 Å². The van der Waals surface area contributed by atoms with Crippen molar-refractivity contribution in [2.45, 2.75) is 70.8 Å². The van der Waals surface area contributed by atoms with E-state index in [-0.39, 0.29) is 5.56 Å². The van der Waals surface area contributed by atoms with Gasteiger partial charge in [0.05, 0.1) is 32.0 Å². The van der Waals surface area contributed by atoms with Gasteiger partial charge in [-0.25, -0.2) is 9.67 Å². The lowest BCUT2D eigenvalue weighted by molar-refractivity contribution is 0.107. The van der Waals surface area contributed by atoms with Gasteiger partial charge in [-0.1, -0.05) is 0 Å². The van der Waals surface area contributed by atoms with E-state index in [2.05, 4.69) is 20.8 Å². The maximum Gasteiger partial charge on any atom is 0.267 e. The van der Waals surface area contributed by atoms with Gasteiger partial charge in [0.2, 0.25) is 0 Å². The minimum absolute atomic E-state index is 0.00992. The van der Waals surface area contributed by atoms with Crippen LogP contribution in [0.5, 0.6) is 0 Å². The molecule has 2 aromatic heterocycles. The molecule has 5 rings (SSSR count). The summed E-state index contributed by atoms with van der Waals surface area (Å²) in [7, 11) is 0. The zero-order valence-electron chi connectivity index (χ0n) is 15.8. The molecule has 1 atom stereocenters. The molecule has 0 amide bonds. The van der Waals surface area contributed by atoms with Crippen LogP contribution in [-0.2, 0) is 43.8 Å². The normalized spacial score (nSPS) is 22.6. The van der Waals surface area contributed by atoms with Gasteiger partial charge in [-0.3, -0.25) is 9.69 Å². The maximum atomic E-state index is 12.5. The number of hydrogen-bond acceptors (Lipinski definition) is 5. The van der Waals surface area contributed by atoms with Crippen molar-refractivity contribution in [1.82, 2.24) is 24.2 Å². The summed E-state index contributed by atoms with van der Waals surface area (Å²) in [5.41, 5.74) is 3.34. The van der Waals surface area contributed by atoms with E-state index in [1.54, 1.807) is 10.7 Å². The molecule has 5 heterocycles. The zero-order chi connectivity index (χ0) is 18.2. The van der Waals surface area contributed by atoms with Crippen LogP contribution in [0.1, 0.15) is 48.5 Å². The molecule has 0 aromatic carbocycles. The van der Waals surface area contributed by atoms with Crippen LogP contribution in [0, 0.1) is 0 Å². The van der Waals surface area contributed by atoms with Gasteiger partial charge < -0.3 is 9.30 Å². The van der Waals surface area contributed by atoms with Gasteiger partial charge in [0.25, 0.3) is 5.56 Å². The van der Waals surface area contributed by atoms with Crippen molar-refractivity contribution in [1.29, 1.82) is 0 Å². The molecule has 1 fully saturated rings. The highest BCUT2D eigenvalue weighted by Crippen LogP contribution is 2.23. The Morgan fingerprint density at radius 2 is 2.15 bits per heavy atom. The zero-order valence-corrected chi connectivity index (χ0v) is 15.8. The van der Waals surface area contributed by atoms with Gasteiger partial charge in [-0.15, -0.1) is 0 Å². The molecule has 0 bridgehead atoms. The Bertz CT molecular complexity index is 887. The second kappa shape index (κ2) is 7.20. The van der Waals surface area contributed by atoms with E-state index in [0.717, 1.165) is 50.2 Å². The van der Waals surface area contributed by atoms with Crippen LogP contribution in [0.15, 0.2) is 17.1 Å². The summed E-state index contributed by atoms with van der Waals surface area (Å²) in [5.74, 6) is 1.18. The lowest BCUT2D eigenvalue weighted by Crippen LogP contribution is -2.38. The van der Waals surface area contributed by atoms with E-state index in [9.17, 15) is 4.79 Å². The molecule has 27 heavy (non-hydrogen) atoms. The number of fused-ring (bicyclic) bond motifs is 2. The predicted molar refractivity (Wildman–Crippen MR) is 100 cm³/mol. The minimum atomic E-state index is -0.00992. The van der Waals surface area contributed by atoms with E-state index < -0.39 is 0 Å². The van der Waals surface area contributed by atoms with Crippen molar-refractivity contribution in [2.24, 2.45) is 0 Å². The molecule has 7 nitrogen and oxygen atoms in total. The molecule has 2 aromatic rings. The molecule has 0 N–H and O–H groups in total. The average molecular weight is 369 g/mol. The Kier molecular flexibility index (Phi) is 4.57. The van der Waals surface area contributed by atoms with Crippen LogP contribution in [-0.4, -0.2) is 43.4 Å². The molecule has 144 valence electrons. The van der Waals surface area contributed by atoms with Gasteiger partial charge in [-0.05, 0) is 38.6 Å². The number of rotatable bonds is 4. The van der Waals surface area contributed by atoms with Crippen LogP contribution in [0.4, 0.5) is 0 Å². The van der Waals surface area contributed by atoms with Crippen molar-refractivity contribution >= 4 is 0 Å². The maximum absolute atomic E-state index is 12.5. The summed E-state index contributed by atoms with van der Waals surface area (Å²) < 4.78 is 9.52.